The molecule has 1 amide bonds. The van der Waals surface area contributed by atoms with Crippen molar-refractivity contribution in [2.24, 2.45) is 0 Å². The topological polar surface area (TPSA) is 74.6 Å². The quantitative estimate of drug-likeness (QED) is 0.323. The molecule has 0 aliphatic rings. The third-order valence-corrected chi connectivity index (χ3v) is 5.79. The second kappa shape index (κ2) is 11.8. The summed E-state index contributed by atoms with van der Waals surface area (Å²) in [6.45, 7) is 1.12. The van der Waals surface area contributed by atoms with Gasteiger partial charge < -0.3 is 19.5 Å². The van der Waals surface area contributed by atoms with Gasteiger partial charge in [-0.1, -0.05) is 48.5 Å². The summed E-state index contributed by atoms with van der Waals surface area (Å²) in [7, 11) is 4.70. The molecule has 1 aromatic heterocycles. The summed E-state index contributed by atoms with van der Waals surface area (Å²) < 4.78 is 18.0. The molecule has 0 bridgehead atoms. The van der Waals surface area contributed by atoms with Crippen LogP contribution in [-0.4, -0.2) is 37.0 Å². The predicted molar refractivity (Wildman–Crippen MR) is 140 cm³/mol. The van der Waals surface area contributed by atoms with Crippen LogP contribution < -0.4 is 19.5 Å². The SMILES string of the molecule is COc1cc(OC)c(OC)cc1/C=C/C(=O)NCc1ccccc1-c1ccc(Cn2cccn2)cc1. The van der Waals surface area contributed by atoms with Gasteiger partial charge in [-0.15, -0.1) is 0 Å². The molecule has 4 rings (SSSR count). The van der Waals surface area contributed by atoms with Gasteiger partial charge >= 0.3 is 0 Å². The van der Waals surface area contributed by atoms with E-state index in [-0.39, 0.29) is 5.91 Å². The molecule has 0 saturated carbocycles. The molecular weight excluding hydrogens is 454 g/mol. The van der Waals surface area contributed by atoms with Crippen LogP contribution in [0, 0.1) is 0 Å². The van der Waals surface area contributed by atoms with Crippen LogP contribution in [0.4, 0.5) is 0 Å². The molecule has 7 heteroatoms. The van der Waals surface area contributed by atoms with Crippen LogP contribution in [0.5, 0.6) is 17.2 Å². The molecule has 36 heavy (non-hydrogen) atoms. The van der Waals surface area contributed by atoms with Crippen LogP contribution in [0.2, 0.25) is 0 Å². The molecule has 3 aromatic carbocycles. The van der Waals surface area contributed by atoms with Gasteiger partial charge in [-0.3, -0.25) is 9.48 Å². The predicted octanol–water partition coefficient (Wildman–Crippen LogP) is 4.95. The van der Waals surface area contributed by atoms with Crippen molar-refractivity contribution in [1.82, 2.24) is 15.1 Å². The Balaban J connectivity index is 1.44. The fourth-order valence-corrected chi connectivity index (χ4v) is 3.92. The second-order valence-corrected chi connectivity index (χ2v) is 8.06. The molecule has 1 heterocycles. The van der Waals surface area contributed by atoms with Gasteiger partial charge in [-0.25, -0.2) is 0 Å². The molecule has 0 atom stereocenters. The lowest BCUT2D eigenvalue weighted by atomic mass is 9.98. The van der Waals surface area contributed by atoms with Gasteiger partial charge in [0, 0.05) is 36.6 Å². The van der Waals surface area contributed by atoms with Crippen molar-refractivity contribution in [2.45, 2.75) is 13.1 Å². The summed E-state index contributed by atoms with van der Waals surface area (Å²) in [5.74, 6) is 1.49. The Morgan fingerprint density at radius 2 is 1.64 bits per heavy atom. The number of hydrogen-bond donors (Lipinski definition) is 1. The van der Waals surface area contributed by atoms with Crippen LogP contribution in [0.15, 0.2) is 85.2 Å². The molecule has 184 valence electrons. The molecule has 0 aliphatic carbocycles. The molecule has 0 unspecified atom stereocenters. The lowest BCUT2D eigenvalue weighted by Crippen LogP contribution is -2.20. The number of rotatable bonds is 10. The number of nitrogens with one attached hydrogen (secondary N) is 1. The summed E-state index contributed by atoms with van der Waals surface area (Å²) in [6, 6.07) is 21.9. The average molecular weight is 484 g/mol. The number of ether oxygens (including phenoxy) is 3. The van der Waals surface area contributed by atoms with Gasteiger partial charge in [0.15, 0.2) is 11.5 Å². The first-order chi connectivity index (χ1) is 17.6. The molecule has 0 aliphatic heterocycles. The largest absolute Gasteiger partial charge is 0.496 e. The zero-order valence-corrected chi connectivity index (χ0v) is 20.6. The van der Waals surface area contributed by atoms with Crippen LogP contribution in [-0.2, 0) is 17.9 Å². The zero-order chi connectivity index (χ0) is 25.3. The minimum atomic E-state index is -0.212. The van der Waals surface area contributed by atoms with Crippen molar-refractivity contribution in [1.29, 1.82) is 0 Å². The number of amides is 1. The van der Waals surface area contributed by atoms with E-state index in [1.54, 1.807) is 45.7 Å². The van der Waals surface area contributed by atoms with E-state index < -0.39 is 0 Å². The molecule has 0 radical (unpaired) electrons. The molecule has 1 N–H and O–H groups in total. The summed E-state index contributed by atoms with van der Waals surface area (Å²) in [5.41, 5.74) is 5.08. The number of aromatic nitrogens is 2. The van der Waals surface area contributed by atoms with Gasteiger partial charge in [0.2, 0.25) is 5.91 Å². The maximum Gasteiger partial charge on any atom is 0.244 e. The van der Waals surface area contributed by atoms with Gasteiger partial charge in [-0.2, -0.15) is 5.10 Å². The highest BCUT2D eigenvalue weighted by Crippen LogP contribution is 2.35. The fourth-order valence-electron chi connectivity index (χ4n) is 3.92. The number of carbonyl (C=O) groups is 1. The Morgan fingerprint density at radius 3 is 2.33 bits per heavy atom. The Morgan fingerprint density at radius 1 is 0.917 bits per heavy atom. The minimum Gasteiger partial charge on any atom is -0.496 e. The third kappa shape index (κ3) is 5.93. The van der Waals surface area contributed by atoms with Crippen molar-refractivity contribution in [2.75, 3.05) is 21.3 Å². The Bertz CT molecular complexity index is 1330. The average Bonchev–Trinajstić information content (AvgIpc) is 3.44. The van der Waals surface area contributed by atoms with Crippen LogP contribution >= 0.6 is 0 Å². The molecule has 4 aromatic rings. The van der Waals surface area contributed by atoms with E-state index in [0.717, 1.165) is 23.2 Å². The Hall–Kier alpha value is -4.52. The number of nitrogens with zero attached hydrogens (tertiary/aromatic N) is 2. The van der Waals surface area contributed by atoms with E-state index >= 15 is 0 Å². The summed E-state index contributed by atoms with van der Waals surface area (Å²) in [5, 5.41) is 7.23. The molecule has 0 saturated heterocycles. The molecular formula is C29H29N3O4. The van der Waals surface area contributed by atoms with Crippen molar-refractivity contribution in [3.05, 3.63) is 102 Å². The summed E-state index contributed by atoms with van der Waals surface area (Å²) >= 11 is 0. The van der Waals surface area contributed by atoms with E-state index in [2.05, 4.69) is 40.7 Å². The Labute approximate surface area is 210 Å². The van der Waals surface area contributed by atoms with Gasteiger partial charge in [-0.05, 0) is 40.5 Å². The summed E-state index contributed by atoms with van der Waals surface area (Å²) in [4.78, 5) is 12.6. The summed E-state index contributed by atoms with van der Waals surface area (Å²) in [6.07, 6.45) is 6.90. The number of carbonyl (C=O) groups excluding carboxylic acids is 1. The van der Waals surface area contributed by atoms with E-state index in [1.165, 1.54) is 11.6 Å². The standard InChI is InChI=1S/C29H29N3O4/c1-34-26-18-28(36-3)27(35-2)17-23(26)13-14-29(33)30-19-24-7-4-5-8-25(24)22-11-9-21(10-12-22)20-32-16-6-15-31-32/h4-18H,19-20H2,1-3H3,(H,30,33)/b14-13+. The van der Waals surface area contributed by atoms with Gasteiger partial charge in [0.1, 0.15) is 5.75 Å². The second-order valence-electron chi connectivity index (χ2n) is 8.06. The smallest absolute Gasteiger partial charge is 0.244 e. The van der Waals surface area contributed by atoms with E-state index in [0.29, 0.717) is 29.4 Å². The Kier molecular flexibility index (Phi) is 8.03. The first-order valence-electron chi connectivity index (χ1n) is 11.5. The normalized spacial score (nSPS) is 10.9. The van der Waals surface area contributed by atoms with Crippen LogP contribution in [0.3, 0.4) is 0 Å². The first kappa shape index (κ1) is 24.6. The van der Waals surface area contributed by atoms with Crippen LogP contribution in [0.25, 0.3) is 17.2 Å². The van der Waals surface area contributed by atoms with E-state index in [4.69, 9.17) is 14.2 Å². The fraction of sp³-hybridized carbons (Fsp3) is 0.172. The third-order valence-electron chi connectivity index (χ3n) is 5.79. The molecule has 0 fully saturated rings. The number of benzene rings is 3. The van der Waals surface area contributed by atoms with Crippen molar-refractivity contribution in [3.63, 3.8) is 0 Å². The molecule has 0 spiro atoms. The van der Waals surface area contributed by atoms with Crippen LogP contribution in [0.1, 0.15) is 16.7 Å². The lowest BCUT2D eigenvalue weighted by Gasteiger charge is -2.12. The van der Waals surface area contributed by atoms with Gasteiger partial charge in [0.25, 0.3) is 0 Å². The zero-order valence-electron chi connectivity index (χ0n) is 20.6. The number of hydrogen-bond acceptors (Lipinski definition) is 5. The van der Waals surface area contributed by atoms with Crippen molar-refractivity contribution < 1.29 is 19.0 Å². The van der Waals surface area contributed by atoms with E-state index in [9.17, 15) is 4.79 Å². The van der Waals surface area contributed by atoms with Crippen molar-refractivity contribution >= 4 is 12.0 Å². The monoisotopic (exact) mass is 483 g/mol. The maximum absolute atomic E-state index is 12.6. The van der Waals surface area contributed by atoms with Gasteiger partial charge in [0.05, 0.1) is 27.9 Å². The number of methoxy groups -OCH3 is 3. The highest BCUT2D eigenvalue weighted by molar-refractivity contribution is 5.92. The highest BCUT2D eigenvalue weighted by Gasteiger charge is 2.11. The van der Waals surface area contributed by atoms with E-state index in [1.807, 2.05) is 35.1 Å². The highest BCUT2D eigenvalue weighted by atomic mass is 16.5. The first-order valence-corrected chi connectivity index (χ1v) is 11.5. The lowest BCUT2D eigenvalue weighted by molar-refractivity contribution is -0.116. The van der Waals surface area contributed by atoms with Crippen molar-refractivity contribution in [3.8, 4) is 28.4 Å². The molecule has 7 nitrogen and oxygen atoms in total. The minimum absolute atomic E-state index is 0.212. The maximum atomic E-state index is 12.6.